The van der Waals surface area contributed by atoms with Crippen LogP contribution in [0.3, 0.4) is 0 Å². The molecule has 0 radical (unpaired) electrons. The van der Waals surface area contributed by atoms with Crippen LogP contribution in [0.5, 0.6) is 0 Å². The predicted octanol–water partition coefficient (Wildman–Crippen LogP) is 3.08. The fraction of sp³-hybridized carbons (Fsp3) is 0. The number of nitrogen functional groups attached to an aromatic ring is 1. The molecule has 0 aliphatic carbocycles. The SMILES string of the molecule is Nc1cc(F)ccc1C(=O)Nc1c(F)cc(F)cc1F. The molecule has 0 spiro atoms. The lowest BCUT2D eigenvalue weighted by molar-refractivity contribution is 0.102. The molecule has 0 aliphatic heterocycles. The molecule has 0 aliphatic rings. The number of rotatable bonds is 2. The first kappa shape index (κ1) is 13.9. The second-order valence-electron chi connectivity index (χ2n) is 3.93. The predicted molar refractivity (Wildman–Crippen MR) is 65.1 cm³/mol. The number of carbonyl (C=O) groups is 1. The summed E-state index contributed by atoms with van der Waals surface area (Å²) in [6.45, 7) is 0. The van der Waals surface area contributed by atoms with E-state index in [1.54, 1.807) is 0 Å². The Hall–Kier alpha value is -2.57. The van der Waals surface area contributed by atoms with Crippen LogP contribution in [0.15, 0.2) is 30.3 Å². The van der Waals surface area contributed by atoms with E-state index in [1.165, 1.54) is 0 Å². The molecule has 2 rings (SSSR count). The molecule has 0 unspecified atom stereocenters. The molecule has 104 valence electrons. The van der Waals surface area contributed by atoms with Crippen LogP contribution in [0.2, 0.25) is 0 Å². The smallest absolute Gasteiger partial charge is 0.257 e. The Labute approximate surface area is 111 Å². The Morgan fingerprint density at radius 1 is 0.950 bits per heavy atom. The summed E-state index contributed by atoms with van der Waals surface area (Å²) in [5.74, 6) is -5.24. The van der Waals surface area contributed by atoms with Crippen molar-refractivity contribution in [3.05, 3.63) is 59.2 Å². The number of halogens is 4. The Morgan fingerprint density at radius 3 is 2.10 bits per heavy atom. The molecule has 1 amide bonds. The number of nitrogens with two attached hydrogens (primary N) is 1. The van der Waals surface area contributed by atoms with Crippen LogP contribution >= 0.6 is 0 Å². The number of hydrogen-bond acceptors (Lipinski definition) is 2. The van der Waals surface area contributed by atoms with Crippen molar-refractivity contribution in [2.75, 3.05) is 11.1 Å². The minimum Gasteiger partial charge on any atom is -0.398 e. The minimum absolute atomic E-state index is 0.158. The summed E-state index contributed by atoms with van der Waals surface area (Å²) in [7, 11) is 0. The molecule has 0 saturated heterocycles. The summed E-state index contributed by atoms with van der Waals surface area (Å²) in [6, 6.07) is 3.79. The van der Waals surface area contributed by atoms with E-state index in [9.17, 15) is 22.4 Å². The third kappa shape index (κ3) is 2.71. The first-order valence-corrected chi connectivity index (χ1v) is 5.39. The normalized spacial score (nSPS) is 10.4. The van der Waals surface area contributed by atoms with Crippen LogP contribution in [0.25, 0.3) is 0 Å². The lowest BCUT2D eigenvalue weighted by Crippen LogP contribution is -2.16. The maximum atomic E-state index is 13.4. The molecule has 0 bridgehead atoms. The maximum Gasteiger partial charge on any atom is 0.257 e. The van der Waals surface area contributed by atoms with E-state index >= 15 is 0 Å². The molecule has 7 heteroatoms. The van der Waals surface area contributed by atoms with Crippen molar-refractivity contribution in [2.24, 2.45) is 0 Å². The second kappa shape index (κ2) is 5.20. The monoisotopic (exact) mass is 284 g/mol. The van der Waals surface area contributed by atoms with Crippen molar-refractivity contribution in [1.82, 2.24) is 0 Å². The van der Waals surface area contributed by atoms with Gasteiger partial charge < -0.3 is 11.1 Å². The molecule has 2 aromatic rings. The van der Waals surface area contributed by atoms with E-state index in [0.29, 0.717) is 12.1 Å². The number of amides is 1. The standard InChI is InChI=1S/C13H8F4N2O/c14-6-1-2-8(11(18)5-6)13(20)19-12-9(16)3-7(15)4-10(12)17/h1-5H,18H2,(H,19,20). The molecular formula is C13H8F4N2O. The van der Waals surface area contributed by atoms with Gasteiger partial charge in [-0.1, -0.05) is 0 Å². The van der Waals surface area contributed by atoms with Crippen LogP contribution in [-0.2, 0) is 0 Å². The van der Waals surface area contributed by atoms with Gasteiger partial charge in [0.15, 0.2) is 11.6 Å². The van der Waals surface area contributed by atoms with E-state index in [0.717, 1.165) is 18.2 Å². The van der Waals surface area contributed by atoms with Crippen molar-refractivity contribution in [3.8, 4) is 0 Å². The van der Waals surface area contributed by atoms with Gasteiger partial charge in [-0.3, -0.25) is 4.79 Å². The fourth-order valence-electron chi connectivity index (χ4n) is 1.58. The molecule has 0 saturated carbocycles. The molecule has 0 fully saturated rings. The highest BCUT2D eigenvalue weighted by Gasteiger charge is 2.17. The van der Waals surface area contributed by atoms with Gasteiger partial charge in [0.05, 0.1) is 5.56 Å². The molecular weight excluding hydrogens is 276 g/mol. The highest BCUT2D eigenvalue weighted by atomic mass is 19.1. The van der Waals surface area contributed by atoms with Crippen LogP contribution in [0.4, 0.5) is 28.9 Å². The van der Waals surface area contributed by atoms with E-state index < -0.39 is 34.9 Å². The molecule has 3 nitrogen and oxygen atoms in total. The number of anilines is 2. The highest BCUT2D eigenvalue weighted by Crippen LogP contribution is 2.22. The molecule has 0 aromatic heterocycles. The maximum absolute atomic E-state index is 13.4. The van der Waals surface area contributed by atoms with E-state index in [1.807, 2.05) is 5.32 Å². The minimum atomic E-state index is -1.27. The van der Waals surface area contributed by atoms with Gasteiger partial charge in [0.2, 0.25) is 0 Å². The third-order valence-electron chi connectivity index (χ3n) is 2.50. The third-order valence-corrected chi connectivity index (χ3v) is 2.50. The van der Waals surface area contributed by atoms with Crippen LogP contribution in [-0.4, -0.2) is 5.91 Å². The summed E-state index contributed by atoms with van der Waals surface area (Å²) in [6.07, 6.45) is 0. The van der Waals surface area contributed by atoms with Gasteiger partial charge in [-0.2, -0.15) is 0 Å². The van der Waals surface area contributed by atoms with Crippen LogP contribution in [0, 0.1) is 23.3 Å². The van der Waals surface area contributed by atoms with Crippen LogP contribution < -0.4 is 11.1 Å². The summed E-state index contributed by atoms with van der Waals surface area (Å²) in [4.78, 5) is 11.8. The lowest BCUT2D eigenvalue weighted by Gasteiger charge is -2.09. The highest BCUT2D eigenvalue weighted by molar-refractivity contribution is 6.07. The van der Waals surface area contributed by atoms with Crippen molar-refractivity contribution < 1.29 is 22.4 Å². The quantitative estimate of drug-likeness (QED) is 0.657. The second-order valence-corrected chi connectivity index (χ2v) is 3.93. The van der Waals surface area contributed by atoms with Crippen molar-refractivity contribution in [1.29, 1.82) is 0 Å². The van der Waals surface area contributed by atoms with Gasteiger partial charge in [-0.15, -0.1) is 0 Å². The Bertz CT molecular complexity index is 665. The Morgan fingerprint density at radius 2 is 1.55 bits per heavy atom. The van der Waals surface area contributed by atoms with Gasteiger partial charge in [-0.05, 0) is 18.2 Å². The zero-order valence-corrected chi connectivity index (χ0v) is 9.88. The van der Waals surface area contributed by atoms with Crippen molar-refractivity contribution in [2.45, 2.75) is 0 Å². The molecule has 2 aromatic carbocycles. The van der Waals surface area contributed by atoms with Crippen molar-refractivity contribution >= 4 is 17.3 Å². The largest absolute Gasteiger partial charge is 0.398 e. The lowest BCUT2D eigenvalue weighted by atomic mass is 10.1. The Balaban J connectivity index is 2.33. The summed E-state index contributed by atoms with van der Waals surface area (Å²) in [5.41, 5.74) is 4.28. The zero-order valence-electron chi connectivity index (χ0n) is 9.88. The number of carbonyl (C=O) groups excluding carboxylic acids is 1. The summed E-state index contributed by atoms with van der Waals surface area (Å²) < 4.78 is 52.3. The van der Waals surface area contributed by atoms with Gasteiger partial charge in [-0.25, -0.2) is 17.6 Å². The molecule has 0 atom stereocenters. The van der Waals surface area contributed by atoms with E-state index in [2.05, 4.69) is 0 Å². The summed E-state index contributed by atoms with van der Waals surface area (Å²) in [5, 5.41) is 1.92. The number of hydrogen-bond donors (Lipinski definition) is 2. The zero-order chi connectivity index (χ0) is 14.9. The molecule has 20 heavy (non-hydrogen) atoms. The average molecular weight is 284 g/mol. The van der Waals surface area contributed by atoms with Crippen molar-refractivity contribution in [3.63, 3.8) is 0 Å². The fourth-order valence-corrected chi connectivity index (χ4v) is 1.58. The molecule has 3 N–H and O–H groups in total. The first-order chi connectivity index (χ1) is 9.38. The number of benzene rings is 2. The van der Waals surface area contributed by atoms with Gasteiger partial charge in [0.1, 0.15) is 17.3 Å². The molecule has 0 heterocycles. The van der Waals surface area contributed by atoms with Gasteiger partial charge in [0, 0.05) is 17.8 Å². The van der Waals surface area contributed by atoms with Gasteiger partial charge >= 0.3 is 0 Å². The van der Waals surface area contributed by atoms with Crippen LogP contribution in [0.1, 0.15) is 10.4 Å². The van der Waals surface area contributed by atoms with E-state index in [4.69, 9.17) is 5.73 Å². The average Bonchev–Trinajstić information content (AvgIpc) is 2.33. The summed E-state index contributed by atoms with van der Waals surface area (Å²) >= 11 is 0. The number of nitrogens with one attached hydrogen (secondary N) is 1. The first-order valence-electron chi connectivity index (χ1n) is 5.39. The Kier molecular flexibility index (Phi) is 3.60. The topological polar surface area (TPSA) is 55.1 Å². The van der Waals surface area contributed by atoms with Gasteiger partial charge in [0.25, 0.3) is 5.91 Å². The van der Waals surface area contributed by atoms with E-state index in [-0.39, 0.29) is 11.3 Å².